The average Bonchev–Trinajstić information content (AvgIpc) is 2.40. The number of thiophene rings is 1. The lowest BCUT2D eigenvalue weighted by Crippen LogP contribution is -1.92. The summed E-state index contributed by atoms with van der Waals surface area (Å²) in [5.41, 5.74) is 7.14. The van der Waals surface area contributed by atoms with Crippen molar-refractivity contribution in [2.24, 2.45) is 0 Å². The first kappa shape index (κ1) is 7.19. The van der Waals surface area contributed by atoms with Crippen LogP contribution < -0.4 is 5.73 Å². The van der Waals surface area contributed by atoms with Gasteiger partial charge in [-0.15, -0.1) is 11.3 Å². The van der Waals surface area contributed by atoms with E-state index in [0.29, 0.717) is 17.2 Å². The molecule has 3 nitrogen and oxygen atoms in total. The zero-order valence-corrected chi connectivity index (χ0v) is 7.02. The summed E-state index contributed by atoms with van der Waals surface area (Å²) >= 11 is 1.42. The van der Waals surface area contributed by atoms with E-state index in [2.05, 4.69) is 6.07 Å². The molecule has 1 aliphatic rings. The lowest BCUT2D eigenvalue weighted by Gasteiger charge is -2.04. The van der Waals surface area contributed by atoms with Gasteiger partial charge in [-0.05, 0) is 6.08 Å². The van der Waals surface area contributed by atoms with Gasteiger partial charge in [-0.25, -0.2) is 0 Å². The zero-order valence-electron chi connectivity index (χ0n) is 6.20. The van der Waals surface area contributed by atoms with Gasteiger partial charge in [-0.3, -0.25) is 0 Å². The van der Waals surface area contributed by atoms with Gasteiger partial charge < -0.3 is 10.5 Å². The maximum atomic E-state index is 8.77. The van der Waals surface area contributed by atoms with E-state index in [-0.39, 0.29) is 0 Å². The second-order valence-corrected chi connectivity index (χ2v) is 3.54. The van der Waals surface area contributed by atoms with E-state index in [9.17, 15) is 0 Å². The topological polar surface area (TPSA) is 59.0 Å². The van der Waals surface area contributed by atoms with Crippen molar-refractivity contribution in [3.63, 3.8) is 0 Å². The second kappa shape index (κ2) is 2.54. The molecular weight excluding hydrogens is 172 g/mol. The fourth-order valence-electron chi connectivity index (χ4n) is 1.15. The van der Waals surface area contributed by atoms with Crippen molar-refractivity contribution in [2.45, 2.75) is 6.61 Å². The number of anilines is 1. The number of hydrogen-bond acceptors (Lipinski definition) is 4. The molecule has 0 amide bonds. The van der Waals surface area contributed by atoms with Gasteiger partial charge in [0.1, 0.15) is 17.7 Å². The van der Waals surface area contributed by atoms with E-state index in [1.54, 1.807) is 12.3 Å². The molecule has 12 heavy (non-hydrogen) atoms. The molecule has 0 saturated heterocycles. The first-order chi connectivity index (χ1) is 5.83. The van der Waals surface area contributed by atoms with Crippen molar-refractivity contribution in [1.82, 2.24) is 0 Å². The van der Waals surface area contributed by atoms with Crippen LogP contribution in [0.4, 0.5) is 5.00 Å². The van der Waals surface area contributed by atoms with Gasteiger partial charge in [0.05, 0.1) is 16.7 Å². The molecule has 1 aliphatic heterocycles. The monoisotopic (exact) mass is 178 g/mol. The van der Waals surface area contributed by atoms with Crippen LogP contribution in [0.2, 0.25) is 0 Å². The number of nitrogen functional groups attached to an aromatic ring is 1. The van der Waals surface area contributed by atoms with E-state index >= 15 is 0 Å². The van der Waals surface area contributed by atoms with Crippen LogP contribution in [-0.4, -0.2) is 0 Å². The van der Waals surface area contributed by atoms with Gasteiger partial charge in [0.15, 0.2) is 0 Å². The number of hydrogen-bond donors (Lipinski definition) is 1. The summed E-state index contributed by atoms with van der Waals surface area (Å²) in [4.78, 5) is 1.03. The molecule has 2 heterocycles. The molecule has 4 heteroatoms. The first-order valence-corrected chi connectivity index (χ1v) is 4.24. The molecular formula is C8H6N2OS. The lowest BCUT2D eigenvalue weighted by molar-refractivity contribution is 0.238. The summed E-state index contributed by atoms with van der Waals surface area (Å²) in [6, 6.07) is 2.08. The van der Waals surface area contributed by atoms with Crippen molar-refractivity contribution < 1.29 is 4.74 Å². The minimum atomic E-state index is 0.530. The van der Waals surface area contributed by atoms with Gasteiger partial charge in [0, 0.05) is 5.56 Å². The maximum absolute atomic E-state index is 8.77. The summed E-state index contributed by atoms with van der Waals surface area (Å²) in [5, 5.41) is 9.35. The number of nitrogens with two attached hydrogens (primary N) is 1. The molecule has 0 aliphatic carbocycles. The van der Waals surface area contributed by atoms with Crippen molar-refractivity contribution >= 4 is 22.4 Å². The third-order valence-corrected chi connectivity index (χ3v) is 2.71. The average molecular weight is 178 g/mol. The molecule has 0 bridgehead atoms. The Morgan fingerprint density at radius 2 is 2.50 bits per heavy atom. The van der Waals surface area contributed by atoms with Crippen LogP contribution in [0.3, 0.4) is 0 Å². The molecule has 0 aromatic carbocycles. The quantitative estimate of drug-likeness (QED) is 0.657. The molecule has 1 aromatic rings. The van der Waals surface area contributed by atoms with Gasteiger partial charge in [0.25, 0.3) is 0 Å². The summed E-state index contributed by atoms with van der Waals surface area (Å²) in [7, 11) is 0. The van der Waals surface area contributed by atoms with Crippen LogP contribution in [-0.2, 0) is 11.3 Å². The Hall–Kier alpha value is -1.47. The van der Waals surface area contributed by atoms with E-state index < -0.39 is 0 Å². The number of ether oxygens (including phenoxy) is 1. The van der Waals surface area contributed by atoms with Gasteiger partial charge in [0.2, 0.25) is 0 Å². The minimum absolute atomic E-state index is 0.530. The maximum Gasteiger partial charge on any atom is 0.122 e. The van der Waals surface area contributed by atoms with Gasteiger partial charge >= 0.3 is 0 Å². The predicted molar refractivity (Wildman–Crippen MR) is 47.3 cm³/mol. The summed E-state index contributed by atoms with van der Waals surface area (Å²) < 4.78 is 5.07. The van der Waals surface area contributed by atoms with E-state index in [0.717, 1.165) is 10.4 Å². The number of rotatable bonds is 0. The highest BCUT2D eigenvalue weighted by Crippen LogP contribution is 2.33. The molecule has 0 saturated carbocycles. The Morgan fingerprint density at radius 1 is 1.67 bits per heavy atom. The standard InChI is InChI=1S/C8H6N2OS/c9-3-6-5-1-2-11-4-7(5)12-8(6)10/h1-2H,4,10H2. The van der Waals surface area contributed by atoms with Crippen molar-refractivity contribution in [3.05, 3.63) is 22.3 Å². The highest BCUT2D eigenvalue weighted by Gasteiger charge is 2.16. The largest absolute Gasteiger partial charge is 0.496 e. The molecule has 0 spiro atoms. The Labute approximate surface area is 73.7 Å². The van der Waals surface area contributed by atoms with Gasteiger partial charge in [-0.1, -0.05) is 0 Å². The van der Waals surface area contributed by atoms with Crippen LogP contribution in [0.5, 0.6) is 0 Å². The number of nitriles is 1. The second-order valence-electron chi connectivity index (χ2n) is 2.40. The summed E-state index contributed by atoms with van der Waals surface area (Å²) in [5.74, 6) is 0. The Bertz CT molecular complexity index is 386. The molecule has 0 unspecified atom stereocenters. The van der Waals surface area contributed by atoms with Crippen LogP contribution in [0.1, 0.15) is 16.0 Å². The molecule has 1 aromatic heterocycles. The highest BCUT2D eigenvalue weighted by atomic mass is 32.1. The Morgan fingerprint density at radius 3 is 3.25 bits per heavy atom. The number of fused-ring (bicyclic) bond motifs is 1. The van der Waals surface area contributed by atoms with Gasteiger partial charge in [-0.2, -0.15) is 5.26 Å². The predicted octanol–water partition coefficient (Wildman–Crippen LogP) is 1.70. The van der Waals surface area contributed by atoms with Crippen molar-refractivity contribution in [1.29, 1.82) is 5.26 Å². The molecule has 0 fully saturated rings. The Balaban J connectivity index is 2.66. The molecule has 0 radical (unpaired) electrons. The van der Waals surface area contributed by atoms with Crippen LogP contribution in [0, 0.1) is 11.3 Å². The molecule has 0 atom stereocenters. The lowest BCUT2D eigenvalue weighted by atomic mass is 10.1. The summed E-state index contributed by atoms with van der Waals surface area (Å²) in [6.45, 7) is 0.530. The van der Waals surface area contributed by atoms with Crippen LogP contribution in [0.25, 0.3) is 6.08 Å². The minimum Gasteiger partial charge on any atom is -0.496 e. The number of nitrogens with zero attached hydrogens (tertiary/aromatic N) is 1. The molecule has 2 N–H and O–H groups in total. The fraction of sp³-hybridized carbons (Fsp3) is 0.125. The molecule has 2 rings (SSSR count). The van der Waals surface area contributed by atoms with E-state index in [1.807, 2.05) is 0 Å². The third kappa shape index (κ3) is 0.874. The molecule has 60 valence electrons. The SMILES string of the molecule is N#Cc1c(N)sc2c1C=COC2. The Kier molecular flexibility index (Phi) is 1.52. The first-order valence-electron chi connectivity index (χ1n) is 3.42. The van der Waals surface area contributed by atoms with E-state index in [4.69, 9.17) is 15.7 Å². The third-order valence-electron chi connectivity index (χ3n) is 1.71. The van der Waals surface area contributed by atoms with Crippen LogP contribution >= 0.6 is 11.3 Å². The summed E-state index contributed by atoms with van der Waals surface area (Å²) in [6.07, 6.45) is 3.37. The van der Waals surface area contributed by atoms with Crippen LogP contribution in [0.15, 0.2) is 6.26 Å². The zero-order chi connectivity index (χ0) is 8.55. The van der Waals surface area contributed by atoms with E-state index in [1.165, 1.54) is 11.3 Å². The fourth-order valence-corrected chi connectivity index (χ4v) is 2.08. The normalized spacial score (nSPS) is 13.2. The van der Waals surface area contributed by atoms with Crippen molar-refractivity contribution in [3.8, 4) is 6.07 Å². The van der Waals surface area contributed by atoms with Crippen molar-refractivity contribution in [2.75, 3.05) is 5.73 Å². The highest BCUT2D eigenvalue weighted by molar-refractivity contribution is 7.16. The smallest absolute Gasteiger partial charge is 0.122 e.